The molecular formula is C12H15F3N2O2S. The molecule has 0 aromatic heterocycles. The number of alkyl halides is 3. The lowest BCUT2D eigenvalue weighted by Crippen LogP contribution is -2.40. The number of hydrogen-bond donors (Lipinski definition) is 1. The summed E-state index contributed by atoms with van der Waals surface area (Å²) in [5.74, 6) is 0. The highest BCUT2D eigenvalue weighted by atomic mass is 32.2. The summed E-state index contributed by atoms with van der Waals surface area (Å²) in [5.41, 5.74) is 6.25. The number of hydrogen-bond acceptors (Lipinski definition) is 3. The van der Waals surface area contributed by atoms with Crippen molar-refractivity contribution < 1.29 is 21.6 Å². The van der Waals surface area contributed by atoms with Gasteiger partial charge >= 0.3 is 6.18 Å². The van der Waals surface area contributed by atoms with Crippen LogP contribution in [0.1, 0.15) is 18.4 Å². The predicted octanol–water partition coefficient (Wildman–Crippen LogP) is 2.29. The van der Waals surface area contributed by atoms with Gasteiger partial charge in [0.15, 0.2) is 0 Å². The van der Waals surface area contributed by atoms with E-state index in [9.17, 15) is 21.6 Å². The van der Waals surface area contributed by atoms with Gasteiger partial charge in [-0.1, -0.05) is 0 Å². The molecule has 0 heterocycles. The van der Waals surface area contributed by atoms with Crippen molar-refractivity contribution >= 4 is 15.7 Å². The van der Waals surface area contributed by atoms with E-state index in [2.05, 4.69) is 0 Å². The van der Waals surface area contributed by atoms with Gasteiger partial charge in [0.1, 0.15) is 6.54 Å². The number of halogens is 3. The van der Waals surface area contributed by atoms with Crippen LogP contribution in [-0.4, -0.2) is 31.5 Å². The molecule has 0 amide bonds. The molecule has 20 heavy (non-hydrogen) atoms. The maximum absolute atomic E-state index is 12.6. The number of nitrogen functional groups attached to an aromatic ring is 1. The second-order valence-electron chi connectivity index (χ2n) is 4.92. The van der Waals surface area contributed by atoms with Crippen molar-refractivity contribution in [1.82, 2.24) is 4.31 Å². The van der Waals surface area contributed by atoms with Crippen molar-refractivity contribution in [3.05, 3.63) is 23.8 Å². The number of aryl methyl sites for hydroxylation is 1. The Balaban J connectivity index is 2.40. The molecule has 0 spiro atoms. The van der Waals surface area contributed by atoms with E-state index >= 15 is 0 Å². The van der Waals surface area contributed by atoms with Gasteiger partial charge in [-0.15, -0.1) is 0 Å². The molecule has 2 N–H and O–H groups in total. The second kappa shape index (κ2) is 4.92. The third-order valence-corrected chi connectivity index (χ3v) is 5.13. The van der Waals surface area contributed by atoms with Crippen molar-refractivity contribution in [2.75, 3.05) is 12.3 Å². The molecule has 1 aliphatic carbocycles. The van der Waals surface area contributed by atoms with Crippen LogP contribution in [-0.2, 0) is 10.0 Å². The fourth-order valence-electron chi connectivity index (χ4n) is 2.04. The Morgan fingerprint density at radius 1 is 1.35 bits per heavy atom. The van der Waals surface area contributed by atoms with E-state index in [1.807, 2.05) is 0 Å². The largest absolute Gasteiger partial charge is 0.402 e. The topological polar surface area (TPSA) is 63.4 Å². The first-order valence-electron chi connectivity index (χ1n) is 6.06. The zero-order valence-corrected chi connectivity index (χ0v) is 11.6. The minimum atomic E-state index is -4.56. The van der Waals surface area contributed by atoms with Gasteiger partial charge in [0.25, 0.3) is 0 Å². The van der Waals surface area contributed by atoms with Gasteiger partial charge in [-0.25, -0.2) is 8.42 Å². The fraction of sp³-hybridized carbons (Fsp3) is 0.500. The summed E-state index contributed by atoms with van der Waals surface area (Å²) >= 11 is 0. The highest BCUT2D eigenvalue weighted by Gasteiger charge is 2.45. The molecule has 4 nitrogen and oxygen atoms in total. The molecule has 1 fully saturated rings. The molecule has 8 heteroatoms. The minimum absolute atomic E-state index is 0.122. The second-order valence-corrected chi connectivity index (χ2v) is 6.78. The van der Waals surface area contributed by atoms with E-state index in [4.69, 9.17) is 5.73 Å². The molecule has 112 valence electrons. The number of nitrogens with zero attached hydrogens (tertiary/aromatic N) is 1. The number of anilines is 1. The number of benzene rings is 1. The van der Waals surface area contributed by atoms with Crippen LogP contribution < -0.4 is 5.73 Å². The minimum Gasteiger partial charge on any atom is -0.399 e. The molecule has 2 rings (SSSR count). The van der Waals surface area contributed by atoms with Crippen LogP contribution in [0.3, 0.4) is 0 Å². The standard InChI is InChI=1S/C12H15F3N2O2S/c1-8-6-9(16)2-5-11(8)20(18,19)17(10-3-4-10)7-12(13,14)15/h2,5-6,10H,3-4,7,16H2,1H3. The maximum atomic E-state index is 12.6. The predicted molar refractivity (Wildman–Crippen MR) is 68.6 cm³/mol. The van der Waals surface area contributed by atoms with E-state index in [1.54, 1.807) is 0 Å². The SMILES string of the molecule is Cc1cc(N)ccc1S(=O)(=O)N(CC(F)(F)F)C1CC1. The van der Waals surface area contributed by atoms with Crippen LogP contribution in [0.5, 0.6) is 0 Å². The van der Waals surface area contributed by atoms with Gasteiger partial charge in [0.05, 0.1) is 4.90 Å². The summed E-state index contributed by atoms with van der Waals surface area (Å²) in [5, 5.41) is 0. The Hall–Kier alpha value is -1.28. The first-order chi connectivity index (χ1) is 9.11. The van der Waals surface area contributed by atoms with Crippen molar-refractivity contribution in [2.24, 2.45) is 0 Å². The zero-order valence-electron chi connectivity index (χ0n) is 10.8. The van der Waals surface area contributed by atoms with Crippen LogP contribution in [0.25, 0.3) is 0 Å². The third kappa shape index (κ3) is 3.24. The summed E-state index contributed by atoms with van der Waals surface area (Å²) in [7, 11) is -4.16. The number of rotatable bonds is 4. The maximum Gasteiger partial charge on any atom is 0.402 e. The summed E-state index contributed by atoms with van der Waals surface area (Å²) in [6.07, 6.45) is -3.63. The van der Waals surface area contributed by atoms with E-state index in [0.29, 0.717) is 28.4 Å². The smallest absolute Gasteiger partial charge is 0.399 e. The Labute approximate surface area is 115 Å². The van der Waals surface area contributed by atoms with Crippen LogP contribution in [0.4, 0.5) is 18.9 Å². The van der Waals surface area contributed by atoms with E-state index < -0.39 is 28.8 Å². The van der Waals surface area contributed by atoms with Gasteiger partial charge in [-0.3, -0.25) is 0 Å². The molecular weight excluding hydrogens is 293 g/mol. The van der Waals surface area contributed by atoms with Crippen LogP contribution in [0.15, 0.2) is 23.1 Å². The Kier molecular flexibility index (Phi) is 3.72. The molecule has 1 aromatic rings. The monoisotopic (exact) mass is 308 g/mol. The lowest BCUT2D eigenvalue weighted by molar-refractivity contribution is -0.137. The first-order valence-corrected chi connectivity index (χ1v) is 7.50. The molecule has 0 unspecified atom stereocenters. The van der Waals surface area contributed by atoms with Crippen LogP contribution >= 0.6 is 0 Å². The van der Waals surface area contributed by atoms with E-state index in [-0.39, 0.29) is 4.90 Å². The van der Waals surface area contributed by atoms with Gasteiger partial charge in [-0.2, -0.15) is 17.5 Å². The summed E-state index contributed by atoms with van der Waals surface area (Å²) in [4.78, 5) is -0.122. The molecule has 0 saturated heterocycles. The normalized spacial score (nSPS) is 16.6. The number of nitrogens with two attached hydrogens (primary N) is 1. The summed E-state index contributed by atoms with van der Waals surface area (Å²) in [6.45, 7) is 0.0612. The highest BCUT2D eigenvalue weighted by Crippen LogP contribution is 2.35. The van der Waals surface area contributed by atoms with Crippen LogP contribution in [0.2, 0.25) is 0 Å². The highest BCUT2D eigenvalue weighted by molar-refractivity contribution is 7.89. The molecule has 0 radical (unpaired) electrons. The van der Waals surface area contributed by atoms with Crippen molar-refractivity contribution in [1.29, 1.82) is 0 Å². The molecule has 0 bridgehead atoms. The van der Waals surface area contributed by atoms with Crippen molar-refractivity contribution in [3.8, 4) is 0 Å². The van der Waals surface area contributed by atoms with E-state index in [0.717, 1.165) is 0 Å². The lowest BCUT2D eigenvalue weighted by atomic mass is 10.2. The molecule has 1 aromatic carbocycles. The number of sulfonamides is 1. The average molecular weight is 308 g/mol. The molecule has 0 atom stereocenters. The molecule has 1 aliphatic rings. The zero-order chi connectivity index (χ0) is 15.1. The quantitative estimate of drug-likeness (QED) is 0.868. The molecule has 0 aliphatic heterocycles. The van der Waals surface area contributed by atoms with Gasteiger partial charge in [0.2, 0.25) is 10.0 Å². The Morgan fingerprint density at radius 3 is 2.40 bits per heavy atom. The first kappa shape index (κ1) is 15.1. The van der Waals surface area contributed by atoms with E-state index in [1.165, 1.54) is 25.1 Å². The van der Waals surface area contributed by atoms with Gasteiger partial charge < -0.3 is 5.73 Å². The van der Waals surface area contributed by atoms with Gasteiger partial charge in [0, 0.05) is 11.7 Å². The average Bonchev–Trinajstić information content (AvgIpc) is 3.07. The Morgan fingerprint density at radius 2 is 1.95 bits per heavy atom. The van der Waals surface area contributed by atoms with Crippen molar-refractivity contribution in [2.45, 2.75) is 36.9 Å². The third-order valence-electron chi connectivity index (χ3n) is 3.07. The van der Waals surface area contributed by atoms with Crippen molar-refractivity contribution in [3.63, 3.8) is 0 Å². The fourth-order valence-corrected chi connectivity index (χ4v) is 3.92. The van der Waals surface area contributed by atoms with Crippen LogP contribution in [0, 0.1) is 6.92 Å². The summed E-state index contributed by atoms with van der Waals surface area (Å²) in [6, 6.07) is 3.51. The molecule has 1 saturated carbocycles. The lowest BCUT2D eigenvalue weighted by Gasteiger charge is -2.24. The van der Waals surface area contributed by atoms with Gasteiger partial charge in [-0.05, 0) is 43.5 Å². The summed E-state index contributed by atoms with van der Waals surface area (Å²) < 4.78 is 63.1. The Bertz CT molecular complexity index is 610.